The van der Waals surface area contributed by atoms with Gasteiger partial charge >= 0.3 is 0 Å². The third-order valence-corrected chi connectivity index (χ3v) is 7.42. The highest BCUT2D eigenvalue weighted by atomic mass is 32.2. The van der Waals surface area contributed by atoms with Gasteiger partial charge in [-0.05, 0) is 43.5 Å². The number of benzene rings is 1. The summed E-state index contributed by atoms with van der Waals surface area (Å²) in [5.41, 5.74) is 2.61. The minimum atomic E-state index is -0.123. The molecule has 1 aromatic carbocycles. The Balaban J connectivity index is 1.36. The third-order valence-electron chi connectivity index (χ3n) is 6.32. The summed E-state index contributed by atoms with van der Waals surface area (Å²) in [6.45, 7) is 4.10. The van der Waals surface area contributed by atoms with Crippen molar-refractivity contribution in [3.63, 3.8) is 0 Å². The quantitative estimate of drug-likeness (QED) is 0.322. The lowest BCUT2D eigenvalue weighted by Gasteiger charge is -2.32. The predicted molar refractivity (Wildman–Crippen MR) is 137 cm³/mol. The number of thioether (sulfide) groups is 1. The molecular weight excluding hydrogens is 444 g/mol. The molecule has 3 heterocycles. The number of aromatic nitrogens is 2. The largest absolute Gasteiger partial charge is 0.356 e. The van der Waals surface area contributed by atoms with Crippen LogP contribution < -0.4 is 5.32 Å². The van der Waals surface area contributed by atoms with Gasteiger partial charge in [-0.2, -0.15) is 0 Å². The number of piperidine rings is 1. The highest BCUT2D eigenvalue weighted by Gasteiger charge is 2.29. The Morgan fingerprint density at radius 1 is 1.12 bits per heavy atom. The van der Waals surface area contributed by atoms with E-state index in [0.29, 0.717) is 24.4 Å². The molecule has 1 unspecified atom stereocenters. The highest BCUT2D eigenvalue weighted by Crippen LogP contribution is 2.28. The van der Waals surface area contributed by atoms with Crippen LogP contribution in [-0.4, -0.2) is 45.7 Å². The Morgan fingerprint density at radius 3 is 2.82 bits per heavy atom. The summed E-state index contributed by atoms with van der Waals surface area (Å²) in [6.07, 6.45) is 10.3. The van der Waals surface area contributed by atoms with Gasteiger partial charge in [0.2, 0.25) is 5.91 Å². The average molecular weight is 479 g/mol. The van der Waals surface area contributed by atoms with Gasteiger partial charge in [0, 0.05) is 42.7 Å². The molecule has 2 amide bonds. The fourth-order valence-corrected chi connectivity index (χ4v) is 5.36. The fraction of sp³-hybridized carbons (Fsp3) is 0.444. The Bertz CT molecular complexity index is 1080. The fourth-order valence-electron chi connectivity index (χ4n) is 4.43. The van der Waals surface area contributed by atoms with Gasteiger partial charge in [-0.3, -0.25) is 9.59 Å². The number of pyridine rings is 1. The van der Waals surface area contributed by atoms with Crippen LogP contribution in [0.25, 0.3) is 5.65 Å². The number of imidazole rings is 1. The van der Waals surface area contributed by atoms with Crippen molar-refractivity contribution in [1.82, 2.24) is 19.6 Å². The lowest BCUT2D eigenvalue weighted by atomic mass is 9.96. The molecule has 0 radical (unpaired) electrons. The number of likely N-dealkylation sites (tertiary alicyclic amines) is 1. The molecule has 34 heavy (non-hydrogen) atoms. The van der Waals surface area contributed by atoms with Crippen LogP contribution in [0, 0.1) is 5.92 Å². The summed E-state index contributed by atoms with van der Waals surface area (Å²) in [6, 6.07) is 13.7. The Labute approximate surface area is 206 Å². The molecule has 1 aliphatic heterocycles. The second kappa shape index (κ2) is 12.1. The molecule has 4 rings (SSSR count). The first-order valence-electron chi connectivity index (χ1n) is 12.4. The first kappa shape index (κ1) is 24.3. The first-order chi connectivity index (χ1) is 16.7. The molecule has 0 saturated carbocycles. The molecule has 0 spiro atoms. The van der Waals surface area contributed by atoms with Crippen LogP contribution in [0.5, 0.6) is 0 Å². The van der Waals surface area contributed by atoms with E-state index in [1.54, 1.807) is 11.8 Å². The van der Waals surface area contributed by atoms with E-state index in [1.165, 1.54) is 12.8 Å². The van der Waals surface area contributed by atoms with Gasteiger partial charge < -0.3 is 14.6 Å². The van der Waals surface area contributed by atoms with Crippen LogP contribution >= 0.6 is 11.8 Å². The van der Waals surface area contributed by atoms with Gasteiger partial charge in [0.15, 0.2) is 0 Å². The molecular formula is C27H34N4O2S. The number of carbonyl (C=O) groups excluding carboxylic acids is 2. The number of fused-ring (bicyclic) bond motifs is 1. The first-order valence-corrected chi connectivity index (χ1v) is 13.4. The van der Waals surface area contributed by atoms with Crippen LogP contribution in [-0.2, 0) is 10.5 Å². The Kier molecular flexibility index (Phi) is 8.63. The van der Waals surface area contributed by atoms with Crippen molar-refractivity contribution < 1.29 is 9.59 Å². The molecule has 3 aromatic rings. The zero-order valence-electron chi connectivity index (χ0n) is 19.9. The van der Waals surface area contributed by atoms with Crippen molar-refractivity contribution in [3.8, 4) is 0 Å². The predicted octanol–water partition coefficient (Wildman–Crippen LogP) is 5.18. The van der Waals surface area contributed by atoms with Crippen molar-refractivity contribution in [2.24, 2.45) is 5.92 Å². The summed E-state index contributed by atoms with van der Waals surface area (Å²) in [5.74, 6) is 0.665. The van der Waals surface area contributed by atoms with Gasteiger partial charge in [-0.1, -0.05) is 44.4 Å². The normalized spacial score (nSPS) is 16.0. The minimum absolute atomic E-state index is 0.0125. The lowest BCUT2D eigenvalue weighted by Crippen LogP contribution is -2.45. The average Bonchev–Trinajstić information content (AvgIpc) is 3.30. The van der Waals surface area contributed by atoms with Crippen LogP contribution in [0.15, 0.2) is 59.8 Å². The van der Waals surface area contributed by atoms with E-state index in [4.69, 9.17) is 0 Å². The summed E-state index contributed by atoms with van der Waals surface area (Å²) in [7, 11) is 0. The monoisotopic (exact) mass is 478 g/mol. The molecule has 1 N–H and O–H groups in total. The Hall–Kier alpha value is -2.80. The second-order valence-corrected chi connectivity index (χ2v) is 9.94. The van der Waals surface area contributed by atoms with Gasteiger partial charge in [-0.25, -0.2) is 4.98 Å². The van der Waals surface area contributed by atoms with Crippen LogP contribution in [0.4, 0.5) is 0 Å². The molecule has 6 nitrogen and oxygen atoms in total. The van der Waals surface area contributed by atoms with Gasteiger partial charge in [0.05, 0.1) is 17.2 Å². The number of nitrogens with one attached hydrogen (secondary N) is 1. The van der Waals surface area contributed by atoms with E-state index in [1.807, 2.05) is 64.2 Å². The molecule has 1 atom stereocenters. The maximum absolute atomic E-state index is 13.4. The van der Waals surface area contributed by atoms with E-state index in [9.17, 15) is 9.59 Å². The smallest absolute Gasteiger partial charge is 0.255 e. The molecule has 1 aliphatic rings. The van der Waals surface area contributed by atoms with Crippen molar-refractivity contribution in [3.05, 3.63) is 66.1 Å². The van der Waals surface area contributed by atoms with E-state index in [2.05, 4.69) is 17.2 Å². The van der Waals surface area contributed by atoms with Crippen molar-refractivity contribution in [2.75, 3.05) is 19.6 Å². The molecule has 7 heteroatoms. The highest BCUT2D eigenvalue weighted by molar-refractivity contribution is 7.98. The summed E-state index contributed by atoms with van der Waals surface area (Å²) >= 11 is 1.63. The van der Waals surface area contributed by atoms with Gasteiger partial charge in [-0.15, -0.1) is 11.8 Å². The van der Waals surface area contributed by atoms with Gasteiger partial charge in [0.25, 0.3) is 5.91 Å². The van der Waals surface area contributed by atoms with E-state index < -0.39 is 0 Å². The number of nitrogens with zero attached hydrogens (tertiary/aromatic N) is 3. The lowest BCUT2D eigenvalue weighted by molar-refractivity contribution is -0.126. The topological polar surface area (TPSA) is 66.7 Å². The van der Waals surface area contributed by atoms with Crippen molar-refractivity contribution in [2.45, 2.75) is 56.1 Å². The maximum Gasteiger partial charge on any atom is 0.255 e. The maximum atomic E-state index is 13.4. The van der Waals surface area contributed by atoms with Crippen LogP contribution in [0.2, 0.25) is 0 Å². The molecule has 1 saturated heterocycles. The summed E-state index contributed by atoms with van der Waals surface area (Å²) in [5, 5.41) is 3.08. The number of amides is 2. The van der Waals surface area contributed by atoms with Crippen molar-refractivity contribution >= 4 is 29.2 Å². The third kappa shape index (κ3) is 6.20. The number of hydrogen-bond acceptors (Lipinski definition) is 4. The number of unbranched alkanes of at least 4 members (excludes halogenated alkanes) is 3. The van der Waals surface area contributed by atoms with E-state index in [-0.39, 0.29) is 17.7 Å². The van der Waals surface area contributed by atoms with Crippen molar-refractivity contribution in [1.29, 1.82) is 0 Å². The summed E-state index contributed by atoms with van der Waals surface area (Å²) in [4.78, 5) is 33.6. The summed E-state index contributed by atoms with van der Waals surface area (Å²) < 4.78 is 2.01. The molecule has 1 fully saturated rings. The van der Waals surface area contributed by atoms with E-state index >= 15 is 0 Å². The van der Waals surface area contributed by atoms with Crippen LogP contribution in [0.3, 0.4) is 0 Å². The molecule has 0 bridgehead atoms. The number of hydrogen-bond donors (Lipinski definition) is 1. The molecule has 180 valence electrons. The van der Waals surface area contributed by atoms with Gasteiger partial charge in [0.1, 0.15) is 5.65 Å². The zero-order chi connectivity index (χ0) is 23.8. The number of rotatable bonds is 10. The molecule has 2 aromatic heterocycles. The second-order valence-electron chi connectivity index (χ2n) is 8.93. The van der Waals surface area contributed by atoms with Crippen LogP contribution in [0.1, 0.15) is 61.5 Å². The SMILES string of the molecule is CCCCCCNC(=O)C1CCCN(C(=O)c2ccccc2SCc2cn3ccccc3n2)C1. The Morgan fingerprint density at radius 2 is 1.97 bits per heavy atom. The van der Waals surface area contributed by atoms with E-state index in [0.717, 1.165) is 48.5 Å². The zero-order valence-corrected chi connectivity index (χ0v) is 20.7. The number of carbonyl (C=O) groups is 2. The standard InChI is InChI=1S/C27H34N4O2S/c1-2-3-4-8-15-28-26(32)21-11-10-17-31(18-21)27(33)23-12-5-6-13-24(23)34-20-22-19-30-16-9-7-14-25(30)29-22/h5-7,9,12-14,16,19,21H,2-4,8,10-11,15,17-18,20H2,1H3,(H,28,32). The minimum Gasteiger partial charge on any atom is -0.356 e. The molecule has 0 aliphatic carbocycles.